The number of nitrogens with zero attached hydrogens (tertiary/aromatic N) is 3. The van der Waals surface area contributed by atoms with E-state index in [2.05, 4.69) is 10.1 Å². The van der Waals surface area contributed by atoms with Gasteiger partial charge in [-0.1, -0.05) is 25.5 Å². The molecule has 2 aromatic rings. The first-order valence-electron chi connectivity index (χ1n) is 6.29. The number of ketones is 1. The Labute approximate surface area is 117 Å². The molecule has 0 saturated carbocycles. The van der Waals surface area contributed by atoms with Gasteiger partial charge in [0.1, 0.15) is 12.7 Å². The molecule has 0 fully saturated rings. The first kappa shape index (κ1) is 14.4. The van der Waals surface area contributed by atoms with Crippen LogP contribution in [0, 0.1) is 0 Å². The van der Waals surface area contributed by atoms with Crippen molar-refractivity contribution < 1.29 is 13.2 Å². The average molecular weight is 293 g/mol. The van der Waals surface area contributed by atoms with Crippen LogP contribution in [0.5, 0.6) is 0 Å². The van der Waals surface area contributed by atoms with Gasteiger partial charge < -0.3 is 0 Å². The van der Waals surface area contributed by atoms with Crippen molar-refractivity contribution in [2.24, 2.45) is 0 Å². The number of hydrogen-bond donors (Lipinski definition) is 0. The summed E-state index contributed by atoms with van der Waals surface area (Å²) in [4.78, 5) is 15.5. The largest absolute Gasteiger partial charge is 0.294 e. The summed E-state index contributed by atoms with van der Waals surface area (Å²) in [5.41, 5.74) is 0.524. The fraction of sp³-hybridized carbons (Fsp3) is 0.308. The van der Waals surface area contributed by atoms with E-state index in [1.807, 2.05) is 6.92 Å². The zero-order chi connectivity index (χ0) is 14.6. The fourth-order valence-electron chi connectivity index (χ4n) is 1.72. The van der Waals surface area contributed by atoms with Crippen LogP contribution in [0.25, 0.3) is 0 Å². The van der Waals surface area contributed by atoms with Gasteiger partial charge in [-0.3, -0.25) is 4.79 Å². The second-order valence-corrected chi connectivity index (χ2v) is 6.12. The molecular formula is C13H15N3O3S. The van der Waals surface area contributed by atoms with Crippen molar-refractivity contribution in [3.8, 4) is 0 Å². The number of Topliss-reactive ketones (excluding diaryl/α,β-unsaturated/α-hetero) is 1. The Bertz CT molecular complexity index is 676. The molecular weight excluding hydrogens is 278 g/mol. The van der Waals surface area contributed by atoms with Gasteiger partial charge in [0.25, 0.3) is 10.0 Å². The van der Waals surface area contributed by atoms with Crippen LogP contribution in [0.3, 0.4) is 0 Å². The first-order chi connectivity index (χ1) is 9.55. The minimum absolute atomic E-state index is 0.0246. The van der Waals surface area contributed by atoms with Crippen LogP contribution in [-0.2, 0) is 10.0 Å². The van der Waals surface area contributed by atoms with Crippen LogP contribution in [0.2, 0.25) is 0 Å². The minimum Gasteiger partial charge on any atom is -0.294 e. The lowest BCUT2D eigenvalue weighted by Crippen LogP contribution is -2.13. The van der Waals surface area contributed by atoms with Gasteiger partial charge in [-0.25, -0.2) is 4.98 Å². The van der Waals surface area contributed by atoms with Gasteiger partial charge in [0.05, 0.1) is 4.90 Å². The van der Waals surface area contributed by atoms with Gasteiger partial charge in [-0.05, 0) is 18.6 Å². The normalized spacial score (nSPS) is 11.4. The van der Waals surface area contributed by atoms with E-state index in [4.69, 9.17) is 0 Å². The monoisotopic (exact) mass is 293 g/mol. The van der Waals surface area contributed by atoms with Crippen LogP contribution in [0.1, 0.15) is 36.5 Å². The number of carbonyl (C=O) groups is 1. The Balaban J connectivity index is 2.23. The zero-order valence-corrected chi connectivity index (χ0v) is 11.9. The zero-order valence-electron chi connectivity index (χ0n) is 11.1. The molecule has 0 aliphatic carbocycles. The summed E-state index contributed by atoms with van der Waals surface area (Å²) in [6.45, 7) is 2.01. The van der Waals surface area contributed by atoms with E-state index < -0.39 is 10.0 Å². The molecule has 1 aromatic heterocycles. The van der Waals surface area contributed by atoms with Crippen LogP contribution in [0.4, 0.5) is 0 Å². The SMILES string of the molecule is CCCCC(=O)c1ccc(S(=O)(=O)n2cncn2)cc1. The predicted octanol–water partition coefficient (Wildman–Crippen LogP) is 1.89. The van der Waals surface area contributed by atoms with Gasteiger partial charge in [-0.2, -0.15) is 8.42 Å². The maximum Gasteiger partial charge on any atom is 0.284 e. The van der Waals surface area contributed by atoms with Crippen LogP contribution in [-0.4, -0.2) is 28.4 Å². The van der Waals surface area contributed by atoms with Gasteiger partial charge in [-0.15, -0.1) is 9.19 Å². The lowest BCUT2D eigenvalue weighted by Gasteiger charge is -2.05. The maximum atomic E-state index is 12.1. The van der Waals surface area contributed by atoms with E-state index in [0.29, 0.717) is 12.0 Å². The van der Waals surface area contributed by atoms with Crippen molar-refractivity contribution in [2.75, 3.05) is 0 Å². The first-order valence-corrected chi connectivity index (χ1v) is 7.73. The van der Waals surface area contributed by atoms with Crippen molar-refractivity contribution in [2.45, 2.75) is 31.1 Å². The van der Waals surface area contributed by atoms with Gasteiger partial charge in [0, 0.05) is 12.0 Å². The number of benzene rings is 1. The van der Waals surface area contributed by atoms with Crippen molar-refractivity contribution in [1.29, 1.82) is 0 Å². The van der Waals surface area contributed by atoms with Gasteiger partial charge >= 0.3 is 0 Å². The van der Waals surface area contributed by atoms with Crippen LogP contribution < -0.4 is 0 Å². The number of unbranched alkanes of at least 4 members (excludes halogenated alkanes) is 1. The summed E-state index contributed by atoms with van der Waals surface area (Å²) >= 11 is 0. The molecule has 0 N–H and O–H groups in total. The summed E-state index contributed by atoms with van der Waals surface area (Å²) < 4.78 is 25.0. The Morgan fingerprint density at radius 1 is 1.25 bits per heavy atom. The molecule has 2 rings (SSSR count). The Kier molecular flexibility index (Phi) is 4.29. The molecule has 0 spiro atoms. The Hall–Kier alpha value is -2.02. The molecule has 0 amide bonds. The number of aromatic nitrogens is 3. The van der Waals surface area contributed by atoms with Crippen LogP contribution >= 0.6 is 0 Å². The van der Waals surface area contributed by atoms with E-state index in [9.17, 15) is 13.2 Å². The van der Waals surface area contributed by atoms with Crippen LogP contribution in [0.15, 0.2) is 41.8 Å². The third-order valence-corrected chi connectivity index (χ3v) is 4.42. The molecule has 0 unspecified atom stereocenters. The lowest BCUT2D eigenvalue weighted by atomic mass is 10.1. The van der Waals surface area contributed by atoms with E-state index in [1.165, 1.54) is 24.3 Å². The highest BCUT2D eigenvalue weighted by molar-refractivity contribution is 7.89. The smallest absolute Gasteiger partial charge is 0.284 e. The van der Waals surface area contributed by atoms with Gasteiger partial charge in [0.2, 0.25) is 0 Å². The summed E-state index contributed by atoms with van der Waals surface area (Å²) in [6, 6.07) is 5.88. The second kappa shape index (κ2) is 5.96. The molecule has 0 radical (unpaired) electrons. The van der Waals surface area contributed by atoms with Crippen molar-refractivity contribution in [3.05, 3.63) is 42.5 Å². The summed E-state index contributed by atoms with van der Waals surface area (Å²) in [6.07, 6.45) is 4.53. The van der Waals surface area contributed by atoms with E-state index in [0.717, 1.165) is 29.6 Å². The highest BCUT2D eigenvalue weighted by Gasteiger charge is 2.17. The van der Waals surface area contributed by atoms with E-state index in [-0.39, 0.29) is 10.7 Å². The minimum atomic E-state index is -3.72. The highest BCUT2D eigenvalue weighted by atomic mass is 32.2. The predicted molar refractivity (Wildman–Crippen MR) is 72.9 cm³/mol. The molecule has 1 heterocycles. The molecule has 7 heteroatoms. The van der Waals surface area contributed by atoms with Crippen molar-refractivity contribution in [1.82, 2.24) is 14.2 Å². The quantitative estimate of drug-likeness (QED) is 0.760. The highest BCUT2D eigenvalue weighted by Crippen LogP contribution is 2.15. The number of carbonyl (C=O) groups excluding carboxylic acids is 1. The Morgan fingerprint density at radius 3 is 2.50 bits per heavy atom. The molecule has 0 bridgehead atoms. The summed E-state index contributed by atoms with van der Waals surface area (Å²) in [7, 11) is -3.72. The van der Waals surface area contributed by atoms with Crippen molar-refractivity contribution in [3.63, 3.8) is 0 Å². The summed E-state index contributed by atoms with van der Waals surface area (Å²) in [5.74, 6) is 0.0246. The fourth-order valence-corrected chi connectivity index (χ4v) is 2.76. The molecule has 0 aliphatic rings. The van der Waals surface area contributed by atoms with E-state index >= 15 is 0 Å². The lowest BCUT2D eigenvalue weighted by molar-refractivity contribution is 0.0979. The molecule has 0 aliphatic heterocycles. The second-order valence-electron chi connectivity index (χ2n) is 4.32. The van der Waals surface area contributed by atoms with Gasteiger partial charge in [0.15, 0.2) is 5.78 Å². The standard InChI is InChI=1S/C13H15N3O3S/c1-2-3-4-13(17)11-5-7-12(8-6-11)20(18,19)16-10-14-9-15-16/h5-10H,2-4H2,1H3. The molecule has 1 aromatic carbocycles. The summed E-state index contributed by atoms with van der Waals surface area (Å²) in [5, 5.41) is 3.61. The third-order valence-electron chi connectivity index (χ3n) is 2.88. The maximum absolute atomic E-state index is 12.1. The van der Waals surface area contributed by atoms with Crippen molar-refractivity contribution >= 4 is 15.8 Å². The topological polar surface area (TPSA) is 81.9 Å². The number of rotatable bonds is 6. The number of hydrogen-bond acceptors (Lipinski definition) is 5. The molecule has 6 nitrogen and oxygen atoms in total. The Morgan fingerprint density at radius 2 is 1.95 bits per heavy atom. The third kappa shape index (κ3) is 2.93. The molecule has 106 valence electrons. The molecule has 0 atom stereocenters. The molecule has 20 heavy (non-hydrogen) atoms. The molecule has 0 saturated heterocycles. The van der Waals surface area contributed by atoms with E-state index in [1.54, 1.807) is 0 Å². The average Bonchev–Trinajstić information content (AvgIpc) is 3.00.